The lowest BCUT2D eigenvalue weighted by Crippen LogP contribution is -2.49. The summed E-state index contributed by atoms with van der Waals surface area (Å²) in [5.41, 5.74) is 1.00. The topological polar surface area (TPSA) is 40.6 Å². The Morgan fingerprint density at radius 2 is 1.75 bits per heavy atom. The van der Waals surface area contributed by atoms with Crippen molar-refractivity contribution >= 4 is 34.0 Å². The molecule has 0 amide bonds. The lowest BCUT2D eigenvalue weighted by Gasteiger charge is -2.39. The summed E-state index contributed by atoms with van der Waals surface area (Å²) in [7, 11) is -1.57. The molecule has 0 aliphatic carbocycles. The van der Waals surface area contributed by atoms with Crippen molar-refractivity contribution < 1.29 is 8.42 Å². The Morgan fingerprint density at radius 3 is 2.42 bits per heavy atom. The zero-order chi connectivity index (χ0) is 16.4. The normalized spacial score (nSPS) is 19.7. The lowest BCUT2D eigenvalue weighted by atomic mass is 10.1. The Labute approximate surface area is 154 Å². The predicted octanol–water partition coefficient (Wildman–Crippen LogP) is 3.44. The van der Waals surface area contributed by atoms with Crippen LogP contribution in [-0.2, 0) is 10.0 Å². The molecular weight excluding hydrogens is 367 g/mol. The Kier molecular flexibility index (Phi) is 6.28. The highest BCUT2D eigenvalue weighted by Crippen LogP contribution is 2.31. The number of nitrogens with zero attached hydrogens (tertiary/aromatic N) is 2. The minimum absolute atomic E-state index is 0. The molecule has 1 aliphatic heterocycles. The van der Waals surface area contributed by atoms with Crippen LogP contribution >= 0.6 is 24.0 Å². The maximum Gasteiger partial charge on any atom is 0.243 e. The number of halogens is 2. The van der Waals surface area contributed by atoms with Crippen molar-refractivity contribution in [3.05, 3.63) is 65.2 Å². The average molecular weight is 387 g/mol. The van der Waals surface area contributed by atoms with Crippen molar-refractivity contribution in [3.63, 3.8) is 0 Å². The first kappa shape index (κ1) is 19.2. The first-order valence-corrected chi connectivity index (χ1v) is 9.31. The second kappa shape index (κ2) is 7.85. The third-order valence-electron chi connectivity index (χ3n) is 4.12. The van der Waals surface area contributed by atoms with E-state index in [1.165, 1.54) is 6.07 Å². The molecule has 1 heterocycles. The lowest BCUT2D eigenvalue weighted by molar-refractivity contribution is 0.160. The largest absolute Gasteiger partial charge is 0.303 e. The van der Waals surface area contributed by atoms with Crippen LogP contribution in [0.1, 0.15) is 11.6 Å². The highest BCUT2D eigenvalue weighted by Gasteiger charge is 2.36. The molecule has 4 nitrogen and oxygen atoms in total. The third kappa shape index (κ3) is 3.92. The number of benzene rings is 2. The van der Waals surface area contributed by atoms with Crippen LogP contribution in [0.3, 0.4) is 0 Å². The van der Waals surface area contributed by atoms with Gasteiger partial charge in [-0.3, -0.25) is 0 Å². The smallest absolute Gasteiger partial charge is 0.243 e. The van der Waals surface area contributed by atoms with Crippen LogP contribution < -0.4 is 0 Å². The Morgan fingerprint density at radius 1 is 1.04 bits per heavy atom. The van der Waals surface area contributed by atoms with Gasteiger partial charge in [-0.05, 0) is 30.8 Å². The van der Waals surface area contributed by atoms with E-state index in [9.17, 15) is 8.42 Å². The van der Waals surface area contributed by atoms with Crippen molar-refractivity contribution in [2.45, 2.75) is 10.9 Å². The van der Waals surface area contributed by atoms with Crippen LogP contribution in [0.5, 0.6) is 0 Å². The molecule has 2 aromatic rings. The van der Waals surface area contributed by atoms with Gasteiger partial charge in [0.25, 0.3) is 0 Å². The Bertz CT molecular complexity index is 784. The number of sulfonamides is 1. The summed E-state index contributed by atoms with van der Waals surface area (Å²) < 4.78 is 27.7. The minimum atomic E-state index is -3.58. The van der Waals surface area contributed by atoms with E-state index in [1.54, 1.807) is 22.5 Å². The summed E-state index contributed by atoms with van der Waals surface area (Å²) in [5, 5.41) is 0.427. The summed E-state index contributed by atoms with van der Waals surface area (Å²) in [5.74, 6) is 0. The van der Waals surface area contributed by atoms with Gasteiger partial charge < -0.3 is 4.90 Å². The summed E-state index contributed by atoms with van der Waals surface area (Å²) in [4.78, 5) is 2.40. The van der Waals surface area contributed by atoms with Crippen LogP contribution in [0.4, 0.5) is 0 Å². The minimum Gasteiger partial charge on any atom is -0.303 e. The van der Waals surface area contributed by atoms with Crippen LogP contribution in [0.2, 0.25) is 5.02 Å². The van der Waals surface area contributed by atoms with E-state index >= 15 is 0 Å². The fourth-order valence-corrected chi connectivity index (χ4v) is 4.80. The highest BCUT2D eigenvalue weighted by molar-refractivity contribution is 7.89. The second-order valence-electron chi connectivity index (χ2n) is 5.76. The van der Waals surface area contributed by atoms with E-state index in [1.807, 2.05) is 37.4 Å². The molecule has 0 N–H and O–H groups in total. The van der Waals surface area contributed by atoms with Crippen molar-refractivity contribution in [2.24, 2.45) is 0 Å². The van der Waals surface area contributed by atoms with Crippen LogP contribution in [-0.4, -0.2) is 44.3 Å². The standard InChI is InChI=1S/C17H19ClN2O2S.ClH/c1-19-10-11-20(17(13-19)14-6-3-2-4-7-14)23(21,22)16-9-5-8-15(18)12-16;/h2-9,12,17H,10-11,13H2,1H3;1H. The van der Waals surface area contributed by atoms with Gasteiger partial charge in [-0.25, -0.2) is 8.42 Å². The number of piperazine rings is 1. The molecule has 0 aromatic heterocycles. The van der Waals surface area contributed by atoms with Gasteiger partial charge in [0.05, 0.1) is 10.9 Å². The Balaban J connectivity index is 0.00000208. The number of hydrogen-bond acceptors (Lipinski definition) is 3. The van der Waals surface area contributed by atoms with Crippen LogP contribution in [0.15, 0.2) is 59.5 Å². The van der Waals surface area contributed by atoms with E-state index in [-0.39, 0.29) is 23.3 Å². The van der Waals surface area contributed by atoms with E-state index < -0.39 is 10.0 Å². The fourth-order valence-electron chi connectivity index (χ4n) is 2.90. The molecule has 7 heteroatoms. The summed E-state index contributed by atoms with van der Waals surface area (Å²) in [6.07, 6.45) is 0. The molecule has 0 bridgehead atoms. The highest BCUT2D eigenvalue weighted by atomic mass is 35.5. The quantitative estimate of drug-likeness (QED) is 0.810. The molecule has 0 radical (unpaired) electrons. The van der Waals surface area contributed by atoms with Gasteiger partial charge in [0, 0.05) is 24.7 Å². The van der Waals surface area contributed by atoms with Gasteiger partial charge >= 0.3 is 0 Å². The van der Waals surface area contributed by atoms with Gasteiger partial charge in [0.1, 0.15) is 0 Å². The molecular formula is C17H20Cl2N2O2S. The van der Waals surface area contributed by atoms with E-state index in [4.69, 9.17) is 11.6 Å². The monoisotopic (exact) mass is 386 g/mol. The number of likely N-dealkylation sites (N-methyl/N-ethyl adjacent to an activating group) is 1. The maximum absolute atomic E-state index is 13.1. The molecule has 1 saturated heterocycles. The van der Waals surface area contributed by atoms with Gasteiger partial charge in [0.2, 0.25) is 10.0 Å². The number of hydrogen-bond donors (Lipinski definition) is 0. The maximum atomic E-state index is 13.1. The van der Waals surface area contributed by atoms with Gasteiger partial charge in [-0.15, -0.1) is 12.4 Å². The van der Waals surface area contributed by atoms with Crippen molar-refractivity contribution in [2.75, 3.05) is 26.7 Å². The second-order valence-corrected chi connectivity index (χ2v) is 8.09. The molecule has 3 rings (SSSR count). The van der Waals surface area contributed by atoms with E-state index in [0.717, 1.165) is 5.56 Å². The van der Waals surface area contributed by atoms with Crippen molar-refractivity contribution in [3.8, 4) is 0 Å². The first-order chi connectivity index (χ1) is 11.0. The fraction of sp³-hybridized carbons (Fsp3) is 0.294. The van der Waals surface area contributed by atoms with Gasteiger partial charge in [-0.2, -0.15) is 4.31 Å². The summed E-state index contributed by atoms with van der Waals surface area (Å²) in [6, 6.07) is 16.0. The molecule has 1 atom stereocenters. The molecule has 1 fully saturated rings. The van der Waals surface area contributed by atoms with E-state index in [0.29, 0.717) is 24.7 Å². The summed E-state index contributed by atoms with van der Waals surface area (Å²) >= 11 is 5.98. The molecule has 2 aromatic carbocycles. The molecule has 130 valence electrons. The van der Waals surface area contributed by atoms with Gasteiger partial charge in [0.15, 0.2) is 0 Å². The van der Waals surface area contributed by atoms with E-state index in [2.05, 4.69) is 4.90 Å². The third-order valence-corrected chi connectivity index (χ3v) is 6.26. The van der Waals surface area contributed by atoms with Gasteiger partial charge in [-0.1, -0.05) is 48.0 Å². The first-order valence-electron chi connectivity index (χ1n) is 7.49. The average Bonchev–Trinajstić information content (AvgIpc) is 2.55. The van der Waals surface area contributed by atoms with Crippen LogP contribution in [0.25, 0.3) is 0 Å². The SMILES string of the molecule is CN1CCN(S(=O)(=O)c2cccc(Cl)c2)C(c2ccccc2)C1.Cl. The molecule has 0 spiro atoms. The number of rotatable bonds is 3. The van der Waals surface area contributed by atoms with Crippen molar-refractivity contribution in [1.82, 2.24) is 9.21 Å². The molecule has 0 saturated carbocycles. The predicted molar refractivity (Wildman–Crippen MR) is 99.3 cm³/mol. The molecule has 1 unspecified atom stereocenters. The molecule has 24 heavy (non-hydrogen) atoms. The zero-order valence-electron chi connectivity index (χ0n) is 13.3. The zero-order valence-corrected chi connectivity index (χ0v) is 15.7. The Hall–Kier alpha value is -1.11. The molecule has 1 aliphatic rings. The van der Waals surface area contributed by atoms with Crippen LogP contribution in [0, 0.1) is 0 Å². The summed E-state index contributed by atoms with van der Waals surface area (Å²) in [6.45, 7) is 1.85. The van der Waals surface area contributed by atoms with Crippen molar-refractivity contribution in [1.29, 1.82) is 0 Å².